The third-order valence-corrected chi connectivity index (χ3v) is 7.84. The van der Waals surface area contributed by atoms with Crippen LogP contribution in [0.25, 0.3) is 10.9 Å². The zero-order chi connectivity index (χ0) is 35.8. The van der Waals surface area contributed by atoms with E-state index in [4.69, 9.17) is 19.5 Å². The molecule has 254 valence electrons. The number of nitriles is 1. The van der Waals surface area contributed by atoms with E-state index in [1.54, 1.807) is 14.0 Å². The van der Waals surface area contributed by atoms with Crippen molar-refractivity contribution in [3.8, 4) is 11.8 Å². The molecule has 0 spiro atoms. The standard InChI is InChI=1S/C31H26F3N3O2.C7H16.CH2O/c1-5-29(36-31(6-2)39-18-21-8-7-19(17-35)11-26(21)32)25-16-27(33)22(14-28(25)34)13-23-12-20-9-10-24(38-4)15-30(20)37(23)3;1-4-6-7(3)5-2;1-2/h5-12,14-16H,1,13,18H2,2-4H3;7H,4-6H2,1-3H3;1H2/b31-6+,36-29+;;. The largest absolute Gasteiger partial charge is 0.497 e. The van der Waals surface area contributed by atoms with Gasteiger partial charge in [-0.05, 0) is 73.0 Å². The van der Waals surface area contributed by atoms with E-state index in [-0.39, 0.29) is 46.9 Å². The molecule has 0 amide bonds. The Morgan fingerprint density at radius 3 is 2.29 bits per heavy atom. The second-order valence-corrected chi connectivity index (χ2v) is 11.1. The summed E-state index contributed by atoms with van der Waals surface area (Å²) in [6.07, 6.45) is 7.07. The third kappa shape index (κ3) is 10.5. The van der Waals surface area contributed by atoms with Crippen LogP contribution in [0.4, 0.5) is 13.2 Å². The number of aliphatic imine (C=N–C) groups is 1. The van der Waals surface area contributed by atoms with Crippen LogP contribution in [-0.2, 0) is 29.6 Å². The van der Waals surface area contributed by atoms with E-state index >= 15 is 8.78 Å². The maximum absolute atomic E-state index is 15.2. The molecule has 0 fully saturated rings. The maximum Gasteiger partial charge on any atom is 0.209 e. The molecular formula is C39H44F3N3O3. The Labute approximate surface area is 281 Å². The summed E-state index contributed by atoms with van der Waals surface area (Å²) in [5.41, 5.74) is 2.30. The van der Waals surface area contributed by atoms with Crippen LogP contribution in [0.1, 0.15) is 74.9 Å². The summed E-state index contributed by atoms with van der Waals surface area (Å²) in [5, 5.41) is 9.85. The lowest BCUT2D eigenvalue weighted by molar-refractivity contribution is -0.0980. The summed E-state index contributed by atoms with van der Waals surface area (Å²) >= 11 is 0. The van der Waals surface area contributed by atoms with Gasteiger partial charge in [0.15, 0.2) is 0 Å². The van der Waals surface area contributed by atoms with E-state index in [0.717, 1.165) is 40.7 Å². The number of aryl methyl sites for hydroxylation is 1. The highest BCUT2D eigenvalue weighted by molar-refractivity contribution is 6.09. The first-order valence-electron chi connectivity index (χ1n) is 15.7. The van der Waals surface area contributed by atoms with Crippen LogP contribution in [0, 0.1) is 34.7 Å². The number of fused-ring (bicyclic) bond motifs is 1. The summed E-state index contributed by atoms with van der Waals surface area (Å²) in [4.78, 5) is 12.3. The molecule has 1 atom stereocenters. The summed E-state index contributed by atoms with van der Waals surface area (Å²) in [5.74, 6) is -0.120. The number of halogens is 3. The van der Waals surface area contributed by atoms with Crippen LogP contribution >= 0.6 is 0 Å². The highest BCUT2D eigenvalue weighted by Crippen LogP contribution is 2.27. The molecule has 6 nitrogen and oxygen atoms in total. The van der Waals surface area contributed by atoms with Gasteiger partial charge in [-0.25, -0.2) is 18.2 Å². The molecule has 0 saturated heterocycles. The summed E-state index contributed by atoms with van der Waals surface area (Å²) in [6, 6.07) is 15.7. The number of ether oxygens (including phenoxy) is 2. The number of nitrogens with zero attached hydrogens (tertiary/aromatic N) is 3. The zero-order valence-electron chi connectivity index (χ0n) is 28.6. The third-order valence-electron chi connectivity index (χ3n) is 7.84. The van der Waals surface area contributed by atoms with Gasteiger partial charge >= 0.3 is 0 Å². The molecule has 1 aromatic heterocycles. The van der Waals surface area contributed by atoms with Gasteiger partial charge < -0.3 is 18.8 Å². The molecule has 0 aliphatic rings. The molecule has 0 saturated carbocycles. The predicted molar refractivity (Wildman–Crippen MR) is 187 cm³/mol. The minimum absolute atomic E-state index is 0.0584. The monoisotopic (exact) mass is 659 g/mol. The van der Waals surface area contributed by atoms with Crippen molar-refractivity contribution < 1.29 is 27.4 Å². The molecule has 9 heteroatoms. The second-order valence-electron chi connectivity index (χ2n) is 11.1. The molecular weight excluding hydrogens is 615 g/mol. The summed E-state index contributed by atoms with van der Waals surface area (Å²) in [6.45, 7) is 14.0. The topological polar surface area (TPSA) is 76.6 Å². The molecule has 48 heavy (non-hydrogen) atoms. The lowest BCUT2D eigenvalue weighted by Gasteiger charge is -2.11. The number of allylic oxidation sites excluding steroid dienone is 2. The Morgan fingerprint density at radius 2 is 1.73 bits per heavy atom. The van der Waals surface area contributed by atoms with E-state index in [1.165, 1.54) is 43.5 Å². The molecule has 4 aromatic rings. The molecule has 0 aliphatic heterocycles. The first-order valence-corrected chi connectivity index (χ1v) is 15.7. The van der Waals surface area contributed by atoms with Crippen LogP contribution in [-0.4, -0.2) is 24.2 Å². The van der Waals surface area contributed by atoms with Gasteiger partial charge in [0.25, 0.3) is 0 Å². The van der Waals surface area contributed by atoms with Crippen molar-refractivity contribution in [2.45, 2.75) is 60.0 Å². The first kappa shape index (κ1) is 39.1. The van der Waals surface area contributed by atoms with Gasteiger partial charge in [-0.2, -0.15) is 5.26 Å². The fourth-order valence-electron chi connectivity index (χ4n) is 4.88. The summed E-state index contributed by atoms with van der Waals surface area (Å²) in [7, 11) is 3.46. The number of carbonyl (C=O) groups excluding carboxylic acids is 1. The van der Waals surface area contributed by atoms with Crippen LogP contribution in [0.3, 0.4) is 0 Å². The molecule has 1 heterocycles. The Morgan fingerprint density at radius 1 is 1.02 bits per heavy atom. The van der Waals surface area contributed by atoms with Gasteiger partial charge in [-0.1, -0.05) is 52.7 Å². The van der Waals surface area contributed by atoms with Crippen molar-refractivity contribution in [3.05, 3.63) is 125 Å². The average Bonchev–Trinajstić information content (AvgIpc) is 3.41. The molecule has 0 aliphatic carbocycles. The lowest BCUT2D eigenvalue weighted by Crippen LogP contribution is -2.07. The van der Waals surface area contributed by atoms with Crippen LogP contribution in [0.2, 0.25) is 0 Å². The van der Waals surface area contributed by atoms with Gasteiger partial charge in [0, 0.05) is 41.7 Å². The van der Waals surface area contributed by atoms with E-state index in [2.05, 4.69) is 32.3 Å². The Kier molecular flexibility index (Phi) is 15.9. The molecule has 0 bridgehead atoms. The van der Waals surface area contributed by atoms with Gasteiger partial charge in [-0.15, -0.1) is 0 Å². The average molecular weight is 660 g/mol. The Hall–Kier alpha value is -5.10. The molecule has 3 aromatic carbocycles. The smallest absolute Gasteiger partial charge is 0.209 e. The normalized spacial score (nSPS) is 11.8. The zero-order valence-corrected chi connectivity index (χ0v) is 28.6. The maximum atomic E-state index is 15.2. The molecule has 0 N–H and O–H groups in total. The fourth-order valence-corrected chi connectivity index (χ4v) is 4.88. The van der Waals surface area contributed by atoms with Gasteiger partial charge in [-0.3, -0.25) is 0 Å². The number of benzene rings is 3. The predicted octanol–water partition coefficient (Wildman–Crippen LogP) is 9.77. The van der Waals surface area contributed by atoms with Gasteiger partial charge in [0.2, 0.25) is 5.88 Å². The quantitative estimate of drug-likeness (QED) is 0.112. The van der Waals surface area contributed by atoms with Crippen LogP contribution in [0.15, 0.2) is 84.2 Å². The van der Waals surface area contributed by atoms with E-state index in [1.807, 2.05) is 48.7 Å². The van der Waals surface area contributed by atoms with Crippen molar-refractivity contribution in [3.63, 3.8) is 0 Å². The molecule has 4 rings (SSSR count). The van der Waals surface area contributed by atoms with Crippen LogP contribution in [0.5, 0.6) is 5.75 Å². The van der Waals surface area contributed by atoms with Crippen molar-refractivity contribution in [2.75, 3.05) is 7.11 Å². The number of hydrogen-bond donors (Lipinski definition) is 0. The van der Waals surface area contributed by atoms with E-state index in [0.29, 0.717) is 5.75 Å². The Balaban J connectivity index is 0.000000790. The SMILES string of the molecule is C=C/C(=N\C(=C/C)OCc1ccc(C#N)cc1F)c1cc(F)c(Cc2cc3ccc(OC)cc3n2C)cc1F.C=O.CCCC(C)CC. The number of methoxy groups -OCH3 is 1. The van der Waals surface area contributed by atoms with Crippen molar-refractivity contribution in [1.82, 2.24) is 4.57 Å². The first-order chi connectivity index (χ1) is 23.1. The number of aromatic nitrogens is 1. The van der Waals surface area contributed by atoms with Gasteiger partial charge in [0.05, 0.1) is 30.0 Å². The van der Waals surface area contributed by atoms with E-state index in [9.17, 15) is 4.39 Å². The van der Waals surface area contributed by atoms with Crippen molar-refractivity contribution >= 4 is 23.4 Å². The van der Waals surface area contributed by atoms with Crippen molar-refractivity contribution in [1.29, 1.82) is 5.26 Å². The fraction of sp³-hybridized carbons (Fsp3) is 0.308. The van der Waals surface area contributed by atoms with E-state index < -0.39 is 17.5 Å². The number of rotatable bonds is 12. The number of carbonyl (C=O) groups is 1. The lowest BCUT2D eigenvalue weighted by atomic mass is 10.0. The second kappa shape index (κ2) is 19.5. The molecule has 1 unspecified atom stereocenters. The highest BCUT2D eigenvalue weighted by atomic mass is 19.1. The minimum Gasteiger partial charge on any atom is -0.497 e. The summed E-state index contributed by atoms with van der Waals surface area (Å²) < 4.78 is 57.5. The molecule has 0 radical (unpaired) electrons. The minimum atomic E-state index is -0.668. The number of hydrogen-bond acceptors (Lipinski definition) is 5. The van der Waals surface area contributed by atoms with Gasteiger partial charge in [0.1, 0.15) is 36.6 Å². The van der Waals surface area contributed by atoms with Crippen molar-refractivity contribution in [2.24, 2.45) is 18.0 Å². The Bertz CT molecular complexity index is 1790. The highest BCUT2D eigenvalue weighted by Gasteiger charge is 2.17. The van der Waals surface area contributed by atoms with Crippen LogP contribution < -0.4 is 4.74 Å².